The third kappa shape index (κ3) is 7.95. The minimum absolute atomic E-state index is 0.00812. The van der Waals surface area contributed by atoms with Crippen LogP contribution in [0.2, 0.25) is 0 Å². The molecule has 12 heteroatoms. The van der Waals surface area contributed by atoms with E-state index in [2.05, 4.69) is 25.1 Å². The molecule has 3 heterocycles. The summed E-state index contributed by atoms with van der Waals surface area (Å²) in [5, 5.41) is 7.41. The largest absolute Gasteiger partial charge is 0.349 e. The summed E-state index contributed by atoms with van der Waals surface area (Å²) in [7, 11) is -3.31. The van der Waals surface area contributed by atoms with Gasteiger partial charge in [0.15, 0.2) is 5.82 Å². The van der Waals surface area contributed by atoms with E-state index in [1.165, 1.54) is 6.92 Å². The lowest BCUT2D eigenvalue weighted by Gasteiger charge is -2.38. The zero-order chi connectivity index (χ0) is 29.7. The highest BCUT2D eigenvalue weighted by molar-refractivity contribution is 7.92. The molecule has 11 nitrogen and oxygen atoms in total. The van der Waals surface area contributed by atoms with E-state index >= 15 is 0 Å². The molecule has 224 valence electrons. The van der Waals surface area contributed by atoms with Crippen LogP contribution in [0.5, 0.6) is 0 Å². The molecule has 2 fully saturated rings. The molecule has 2 aliphatic rings. The summed E-state index contributed by atoms with van der Waals surface area (Å²) in [5.41, 5.74) is 2.56. The Labute approximate surface area is 246 Å². The van der Waals surface area contributed by atoms with Gasteiger partial charge in [-0.25, -0.2) is 8.42 Å². The Morgan fingerprint density at radius 3 is 2.38 bits per heavy atom. The van der Waals surface area contributed by atoms with Crippen molar-refractivity contribution < 1.29 is 22.5 Å². The maximum atomic E-state index is 12.9. The molecule has 1 aromatic heterocycles. The maximum Gasteiger partial charge on any atom is 0.229 e. The second kappa shape index (κ2) is 13.0. The Hall–Kier alpha value is -3.77. The highest BCUT2D eigenvalue weighted by atomic mass is 32.2. The first kappa shape index (κ1) is 29.7. The number of sulfonamides is 1. The number of piperidine rings is 1. The zero-order valence-electron chi connectivity index (χ0n) is 24.0. The normalized spacial score (nSPS) is 17.4. The van der Waals surface area contributed by atoms with E-state index in [1.807, 2.05) is 42.5 Å². The van der Waals surface area contributed by atoms with Gasteiger partial charge in [-0.2, -0.15) is 4.98 Å². The Kier molecular flexibility index (Phi) is 9.22. The minimum atomic E-state index is -3.31. The summed E-state index contributed by atoms with van der Waals surface area (Å²) in [5.74, 6) is 1.34. The van der Waals surface area contributed by atoms with Crippen LogP contribution in [-0.2, 0) is 26.0 Å². The van der Waals surface area contributed by atoms with Crippen molar-refractivity contribution in [1.29, 1.82) is 0 Å². The lowest BCUT2D eigenvalue weighted by atomic mass is 9.95. The van der Waals surface area contributed by atoms with Gasteiger partial charge in [0.1, 0.15) is 0 Å². The molecule has 1 atom stereocenters. The van der Waals surface area contributed by atoms with Crippen molar-refractivity contribution in [2.24, 2.45) is 5.92 Å². The van der Waals surface area contributed by atoms with Crippen LogP contribution in [0, 0.1) is 5.92 Å². The van der Waals surface area contributed by atoms with Crippen molar-refractivity contribution >= 4 is 27.5 Å². The van der Waals surface area contributed by atoms with Crippen LogP contribution in [0.3, 0.4) is 0 Å². The second-order valence-corrected chi connectivity index (χ2v) is 13.0. The first-order valence-corrected chi connectivity index (χ1v) is 16.2. The molecule has 0 spiro atoms. The Morgan fingerprint density at radius 2 is 1.74 bits per heavy atom. The molecule has 2 aromatic carbocycles. The molecule has 0 saturated carbocycles. The molecular weight excluding hydrogens is 556 g/mol. The van der Waals surface area contributed by atoms with Crippen molar-refractivity contribution in [2.45, 2.75) is 44.6 Å². The SMILES string of the molecule is CC(=O)N1CC(C(=O)N[C@@H](CCN2CCC(c3nc(Cc4ccc(NS(C)(=O)=O)cc4)no3)CC2)c2ccccc2)C1. The summed E-state index contributed by atoms with van der Waals surface area (Å²) in [6, 6.07) is 17.1. The van der Waals surface area contributed by atoms with Gasteiger partial charge in [0.05, 0.1) is 18.2 Å². The van der Waals surface area contributed by atoms with Crippen molar-refractivity contribution in [2.75, 3.05) is 43.7 Å². The van der Waals surface area contributed by atoms with Gasteiger partial charge in [0, 0.05) is 44.6 Å². The van der Waals surface area contributed by atoms with Gasteiger partial charge in [0.2, 0.25) is 27.7 Å². The second-order valence-electron chi connectivity index (χ2n) is 11.3. The first-order valence-electron chi connectivity index (χ1n) is 14.4. The van der Waals surface area contributed by atoms with Crippen molar-refractivity contribution in [1.82, 2.24) is 25.3 Å². The molecule has 42 heavy (non-hydrogen) atoms. The molecule has 2 N–H and O–H groups in total. The highest BCUT2D eigenvalue weighted by Gasteiger charge is 2.35. The molecule has 0 unspecified atom stereocenters. The lowest BCUT2D eigenvalue weighted by molar-refractivity contribution is -0.141. The predicted octanol–water partition coefficient (Wildman–Crippen LogP) is 2.94. The number of rotatable bonds is 11. The topological polar surface area (TPSA) is 138 Å². The number of benzene rings is 2. The van der Waals surface area contributed by atoms with Gasteiger partial charge < -0.3 is 19.6 Å². The smallest absolute Gasteiger partial charge is 0.229 e. The number of anilines is 1. The van der Waals surface area contributed by atoms with Crippen molar-refractivity contribution in [3.63, 3.8) is 0 Å². The monoisotopic (exact) mass is 594 g/mol. The molecule has 0 radical (unpaired) electrons. The van der Waals surface area contributed by atoms with Crippen LogP contribution in [0.25, 0.3) is 0 Å². The average molecular weight is 595 g/mol. The number of aromatic nitrogens is 2. The van der Waals surface area contributed by atoms with E-state index in [0.29, 0.717) is 36.9 Å². The van der Waals surface area contributed by atoms with E-state index in [0.717, 1.165) is 56.3 Å². The first-order chi connectivity index (χ1) is 20.1. The number of carbonyl (C=O) groups is 2. The Bertz CT molecular complexity index is 1460. The Balaban J connectivity index is 1.10. The predicted molar refractivity (Wildman–Crippen MR) is 158 cm³/mol. The van der Waals surface area contributed by atoms with E-state index in [4.69, 9.17) is 4.52 Å². The standard InChI is InChI=1S/C30H38N6O5S/c1-21(37)36-19-25(20-36)29(38)31-27(23-6-4-3-5-7-23)14-17-35-15-12-24(13-16-35)30-32-28(33-41-30)18-22-8-10-26(11-9-22)34-42(2,39)40/h3-11,24-25,27,34H,12-20H2,1-2H3,(H,31,38)/t27-/m0/s1. The van der Waals surface area contributed by atoms with Gasteiger partial charge in [-0.3, -0.25) is 14.3 Å². The number of nitrogens with zero attached hydrogens (tertiary/aromatic N) is 4. The van der Waals surface area contributed by atoms with E-state index in [-0.39, 0.29) is 29.7 Å². The van der Waals surface area contributed by atoms with Crippen LogP contribution < -0.4 is 10.0 Å². The highest BCUT2D eigenvalue weighted by Crippen LogP contribution is 2.28. The summed E-state index contributed by atoms with van der Waals surface area (Å²) >= 11 is 0. The number of carbonyl (C=O) groups excluding carboxylic acids is 2. The number of hydrogen-bond donors (Lipinski definition) is 2. The molecule has 0 bridgehead atoms. The minimum Gasteiger partial charge on any atom is -0.349 e. The van der Waals surface area contributed by atoms with Crippen LogP contribution in [0.4, 0.5) is 5.69 Å². The van der Waals surface area contributed by atoms with Gasteiger partial charge >= 0.3 is 0 Å². The summed E-state index contributed by atoms with van der Waals surface area (Å²) in [4.78, 5) is 33.2. The van der Waals surface area contributed by atoms with Gasteiger partial charge in [-0.1, -0.05) is 47.6 Å². The Morgan fingerprint density at radius 1 is 1.05 bits per heavy atom. The third-order valence-electron chi connectivity index (χ3n) is 7.99. The number of nitrogens with one attached hydrogen (secondary N) is 2. The molecule has 3 aromatic rings. The van der Waals surface area contributed by atoms with E-state index in [9.17, 15) is 18.0 Å². The average Bonchev–Trinajstić information content (AvgIpc) is 3.39. The van der Waals surface area contributed by atoms with Crippen LogP contribution >= 0.6 is 0 Å². The van der Waals surface area contributed by atoms with Crippen LogP contribution in [0.1, 0.15) is 61.0 Å². The lowest BCUT2D eigenvalue weighted by Crippen LogP contribution is -2.55. The van der Waals surface area contributed by atoms with Gasteiger partial charge in [-0.05, 0) is 55.6 Å². The van der Waals surface area contributed by atoms with Crippen molar-refractivity contribution in [3.8, 4) is 0 Å². The molecular formula is C30H38N6O5S. The number of likely N-dealkylation sites (tertiary alicyclic amines) is 2. The molecule has 5 rings (SSSR count). The summed E-state index contributed by atoms with van der Waals surface area (Å²) in [6.07, 6.45) is 4.25. The molecule has 2 aliphatic heterocycles. The summed E-state index contributed by atoms with van der Waals surface area (Å²) < 4.78 is 30.9. The fourth-order valence-electron chi connectivity index (χ4n) is 5.51. The molecule has 2 amide bonds. The van der Waals surface area contributed by atoms with Crippen LogP contribution in [0.15, 0.2) is 59.1 Å². The van der Waals surface area contributed by atoms with Gasteiger partial charge in [0.25, 0.3) is 0 Å². The third-order valence-corrected chi connectivity index (χ3v) is 8.60. The number of amides is 2. The van der Waals surface area contributed by atoms with E-state index < -0.39 is 10.0 Å². The number of hydrogen-bond acceptors (Lipinski definition) is 8. The van der Waals surface area contributed by atoms with Gasteiger partial charge in [-0.15, -0.1) is 0 Å². The fraction of sp³-hybridized carbons (Fsp3) is 0.467. The molecule has 2 saturated heterocycles. The van der Waals surface area contributed by atoms with Crippen LogP contribution in [-0.4, -0.2) is 79.2 Å². The van der Waals surface area contributed by atoms with Crippen molar-refractivity contribution in [3.05, 3.63) is 77.4 Å². The quantitative estimate of drug-likeness (QED) is 0.346. The summed E-state index contributed by atoms with van der Waals surface area (Å²) in [6.45, 7) is 5.18. The zero-order valence-corrected chi connectivity index (χ0v) is 24.8. The molecule has 0 aliphatic carbocycles. The fourth-order valence-corrected chi connectivity index (χ4v) is 6.07. The maximum absolute atomic E-state index is 12.9. The van der Waals surface area contributed by atoms with E-state index in [1.54, 1.807) is 17.0 Å².